The number of ether oxygens (including phenoxy) is 1. The number of halogens is 1. The topological polar surface area (TPSA) is 48.9 Å². The Morgan fingerprint density at radius 1 is 1.29 bits per heavy atom. The van der Waals surface area contributed by atoms with Gasteiger partial charge in [0, 0.05) is 37.2 Å². The van der Waals surface area contributed by atoms with E-state index in [2.05, 4.69) is 34.6 Å². The highest BCUT2D eigenvalue weighted by Crippen LogP contribution is 2.48. The molecule has 0 spiro atoms. The van der Waals surface area contributed by atoms with Gasteiger partial charge in [-0.3, -0.25) is 4.99 Å². The van der Waals surface area contributed by atoms with Crippen molar-refractivity contribution >= 4 is 17.6 Å². The van der Waals surface area contributed by atoms with Crippen LogP contribution in [0.1, 0.15) is 38.2 Å². The van der Waals surface area contributed by atoms with Crippen LogP contribution in [0.3, 0.4) is 0 Å². The maximum absolute atomic E-state index is 6.19. The quantitative estimate of drug-likeness (QED) is 0.488. The molecule has 1 aromatic rings. The van der Waals surface area contributed by atoms with Gasteiger partial charge in [-0.15, -0.1) is 0 Å². The Morgan fingerprint density at radius 2 is 2.07 bits per heavy atom. The van der Waals surface area contributed by atoms with Crippen LogP contribution in [0.2, 0.25) is 5.02 Å². The van der Waals surface area contributed by atoms with E-state index in [4.69, 9.17) is 21.3 Å². The van der Waals surface area contributed by atoms with Crippen LogP contribution in [0.4, 0.5) is 0 Å². The van der Waals surface area contributed by atoms with Gasteiger partial charge in [-0.25, -0.2) is 0 Å². The number of nitrogens with one attached hydrogen (secondary N) is 2. The molecule has 156 valence electrons. The van der Waals surface area contributed by atoms with Gasteiger partial charge in [0.05, 0.1) is 13.2 Å². The Hall–Kier alpha value is -1.30. The normalized spacial score (nSPS) is 20.2. The molecule has 2 fully saturated rings. The second-order valence-corrected chi connectivity index (χ2v) is 8.58. The molecule has 0 bridgehead atoms. The number of nitrogens with zero attached hydrogens (tertiary/aromatic N) is 2. The first-order chi connectivity index (χ1) is 13.6. The molecule has 2 aliphatic rings. The van der Waals surface area contributed by atoms with Gasteiger partial charge in [0.15, 0.2) is 5.96 Å². The van der Waals surface area contributed by atoms with E-state index in [-0.39, 0.29) is 5.41 Å². The standard InChI is InChI=1S/C22H35ClN4O/c1-3-24-21(25-16-18-7-11-27(12-8-18)13-14-28-2)26-17-22(9-10-22)19-5-4-6-20(23)15-19/h4-6,15,18H,3,7-14,16-17H2,1-2H3,(H2,24,25,26). The third kappa shape index (κ3) is 6.10. The van der Waals surface area contributed by atoms with Crippen LogP contribution in [-0.4, -0.2) is 63.8 Å². The number of piperidine rings is 1. The van der Waals surface area contributed by atoms with E-state index >= 15 is 0 Å². The Balaban J connectivity index is 1.49. The average molecular weight is 407 g/mol. The summed E-state index contributed by atoms with van der Waals surface area (Å²) in [6, 6.07) is 8.27. The molecule has 2 N–H and O–H groups in total. The van der Waals surface area contributed by atoms with Crippen molar-refractivity contribution in [2.75, 3.05) is 53.0 Å². The summed E-state index contributed by atoms with van der Waals surface area (Å²) in [6.07, 6.45) is 4.86. The molecule has 5 nitrogen and oxygen atoms in total. The molecular formula is C22H35ClN4O. The lowest BCUT2D eigenvalue weighted by Crippen LogP contribution is -2.43. The van der Waals surface area contributed by atoms with Crippen molar-refractivity contribution in [3.05, 3.63) is 34.9 Å². The number of methoxy groups -OCH3 is 1. The largest absolute Gasteiger partial charge is 0.383 e. The van der Waals surface area contributed by atoms with E-state index in [1.807, 2.05) is 12.1 Å². The maximum atomic E-state index is 6.19. The Morgan fingerprint density at radius 3 is 2.71 bits per heavy atom. The van der Waals surface area contributed by atoms with Crippen LogP contribution in [0, 0.1) is 5.92 Å². The van der Waals surface area contributed by atoms with Crippen molar-refractivity contribution in [3.63, 3.8) is 0 Å². The number of hydrogen-bond donors (Lipinski definition) is 2. The number of hydrogen-bond acceptors (Lipinski definition) is 3. The van der Waals surface area contributed by atoms with E-state index in [1.54, 1.807) is 7.11 Å². The van der Waals surface area contributed by atoms with Crippen molar-refractivity contribution in [2.45, 2.75) is 38.0 Å². The number of aliphatic imine (C=N–C) groups is 1. The van der Waals surface area contributed by atoms with E-state index in [1.165, 1.54) is 44.3 Å². The van der Waals surface area contributed by atoms with Gasteiger partial charge in [0.2, 0.25) is 0 Å². The fourth-order valence-corrected chi connectivity index (χ4v) is 4.15. The summed E-state index contributed by atoms with van der Waals surface area (Å²) in [4.78, 5) is 7.42. The Labute approximate surface area is 174 Å². The number of rotatable bonds is 9. The van der Waals surface area contributed by atoms with E-state index < -0.39 is 0 Å². The van der Waals surface area contributed by atoms with Crippen molar-refractivity contribution in [1.82, 2.24) is 15.5 Å². The van der Waals surface area contributed by atoms with Gasteiger partial charge in [0.25, 0.3) is 0 Å². The van der Waals surface area contributed by atoms with Gasteiger partial charge in [-0.1, -0.05) is 23.7 Å². The molecule has 0 unspecified atom stereocenters. The molecule has 1 saturated carbocycles. The van der Waals surface area contributed by atoms with Crippen molar-refractivity contribution in [2.24, 2.45) is 10.9 Å². The predicted octanol–water partition coefficient (Wildman–Crippen LogP) is 3.29. The fraction of sp³-hybridized carbons (Fsp3) is 0.682. The van der Waals surface area contributed by atoms with Crippen LogP contribution in [-0.2, 0) is 10.2 Å². The first kappa shape index (κ1) is 21.4. The molecule has 1 saturated heterocycles. The minimum atomic E-state index is 0.180. The molecular weight excluding hydrogens is 372 g/mol. The first-order valence-electron chi connectivity index (χ1n) is 10.6. The van der Waals surface area contributed by atoms with Crippen LogP contribution in [0.5, 0.6) is 0 Å². The molecule has 0 atom stereocenters. The molecule has 0 radical (unpaired) electrons. The van der Waals surface area contributed by atoms with E-state index in [9.17, 15) is 0 Å². The summed E-state index contributed by atoms with van der Waals surface area (Å²) in [5, 5.41) is 7.80. The van der Waals surface area contributed by atoms with Crippen LogP contribution in [0.25, 0.3) is 0 Å². The second-order valence-electron chi connectivity index (χ2n) is 8.14. The van der Waals surface area contributed by atoms with Gasteiger partial charge in [-0.2, -0.15) is 0 Å². The third-order valence-corrected chi connectivity index (χ3v) is 6.29. The summed E-state index contributed by atoms with van der Waals surface area (Å²) in [7, 11) is 1.77. The zero-order chi connectivity index (χ0) is 19.8. The van der Waals surface area contributed by atoms with Gasteiger partial charge in [0.1, 0.15) is 0 Å². The van der Waals surface area contributed by atoms with Gasteiger partial charge < -0.3 is 20.3 Å². The summed E-state index contributed by atoms with van der Waals surface area (Å²) in [5.41, 5.74) is 1.50. The molecule has 1 aliphatic heterocycles. The molecule has 3 rings (SSSR count). The highest BCUT2D eigenvalue weighted by Gasteiger charge is 2.44. The summed E-state index contributed by atoms with van der Waals surface area (Å²) in [6.45, 7) is 9.02. The SMILES string of the molecule is CCNC(=NCC1(c2cccc(Cl)c2)CC1)NCC1CCN(CCOC)CC1. The average Bonchev–Trinajstić information content (AvgIpc) is 3.50. The van der Waals surface area contributed by atoms with Crippen molar-refractivity contribution in [3.8, 4) is 0 Å². The summed E-state index contributed by atoms with van der Waals surface area (Å²) < 4.78 is 5.19. The Kier molecular flexibility index (Phi) is 8.00. The fourth-order valence-electron chi connectivity index (χ4n) is 3.96. The lowest BCUT2D eigenvalue weighted by Gasteiger charge is -2.32. The smallest absolute Gasteiger partial charge is 0.191 e. The highest BCUT2D eigenvalue weighted by molar-refractivity contribution is 6.30. The summed E-state index contributed by atoms with van der Waals surface area (Å²) in [5.74, 6) is 1.66. The molecule has 1 heterocycles. The summed E-state index contributed by atoms with van der Waals surface area (Å²) >= 11 is 6.19. The van der Waals surface area contributed by atoms with Crippen molar-refractivity contribution < 1.29 is 4.74 Å². The molecule has 0 aromatic heterocycles. The minimum Gasteiger partial charge on any atom is -0.383 e. The zero-order valence-corrected chi connectivity index (χ0v) is 18.1. The molecule has 1 aromatic carbocycles. The molecule has 6 heteroatoms. The molecule has 28 heavy (non-hydrogen) atoms. The maximum Gasteiger partial charge on any atom is 0.191 e. The van der Waals surface area contributed by atoms with Crippen molar-refractivity contribution in [1.29, 1.82) is 0 Å². The molecule has 1 aliphatic carbocycles. The number of likely N-dealkylation sites (tertiary alicyclic amines) is 1. The van der Waals surface area contributed by atoms with Crippen LogP contribution < -0.4 is 10.6 Å². The van der Waals surface area contributed by atoms with Gasteiger partial charge >= 0.3 is 0 Å². The Bertz CT molecular complexity index is 639. The minimum absolute atomic E-state index is 0.180. The van der Waals surface area contributed by atoms with Crippen LogP contribution in [0.15, 0.2) is 29.3 Å². The van der Waals surface area contributed by atoms with E-state index in [0.717, 1.165) is 43.8 Å². The zero-order valence-electron chi connectivity index (χ0n) is 17.3. The molecule has 0 amide bonds. The predicted molar refractivity (Wildman–Crippen MR) is 117 cm³/mol. The number of guanidine groups is 1. The lowest BCUT2D eigenvalue weighted by molar-refractivity contribution is 0.121. The first-order valence-corrected chi connectivity index (χ1v) is 11.0. The number of benzene rings is 1. The van der Waals surface area contributed by atoms with Crippen LogP contribution >= 0.6 is 11.6 Å². The van der Waals surface area contributed by atoms with E-state index in [0.29, 0.717) is 5.92 Å². The second kappa shape index (κ2) is 10.5. The van der Waals surface area contributed by atoms with Gasteiger partial charge in [-0.05, 0) is 69.3 Å². The lowest BCUT2D eigenvalue weighted by atomic mass is 9.96. The highest BCUT2D eigenvalue weighted by atomic mass is 35.5. The third-order valence-electron chi connectivity index (χ3n) is 6.05. The monoisotopic (exact) mass is 406 g/mol.